The molecule has 1 aliphatic carbocycles. The number of nitrogens with zero attached hydrogens (tertiary/aromatic N) is 2. The zero-order chi connectivity index (χ0) is 17.7. The molecular formula is C22H25N3S. The molecule has 0 radical (unpaired) electrons. The van der Waals surface area contributed by atoms with Gasteiger partial charge in [-0.15, -0.1) is 11.3 Å². The Balaban J connectivity index is 1.57. The van der Waals surface area contributed by atoms with Gasteiger partial charge in [-0.1, -0.05) is 12.1 Å². The van der Waals surface area contributed by atoms with Gasteiger partial charge >= 0.3 is 0 Å². The van der Waals surface area contributed by atoms with Crippen LogP contribution in [-0.4, -0.2) is 18.7 Å². The molecule has 4 heteroatoms. The van der Waals surface area contributed by atoms with E-state index in [1.165, 1.54) is 53.2 Å². The van der Waals surface area contributed by atoms with Crippen molar-refractivity contribution in [2.45, 2.75) is 38.3 Å². The summed E-state index contributed by atoms with van der Waals surface area (Å²) < 4.78 is 2.43. The van der Waals surface area contributed by atoms with E-state index in [4.69, 9.17) is 0 Å². The number of aromatic nitrogens is 1. The second kappa shape index (κ2) is 6.29. The highest BCUT2D eigenvalue weighted by molar-refractivity contribution is 7.15. The summed E-state index contributed by atoms with van der Waals surface area (Å²) in [5.74, 6) is 0. The van der Waals surface area contributed by atoms with Gasteiger partial charge in [-0.2, -0.15) is 0 Å². The third-order valence-electron chi connectivity index (χ3n) is 5.78. The third-order valence-corrected chi connectivity index (χ3v) is 7.11. The van der Waals surface area contributed by atoms with Gasteiger partial charge in [-0.3, -0.25) is 0 Å². The van der Waals surface area contributed by atoms with E-state index >= 15 is 0 Å². The van der Waals surface area contributed by atoms with Crippen LogP contribution in [0.4, 0.5) is 5.69 Å². The van der Waals surface area contributed by atoms with Crippen LogP contribution < -0.4 is 10.2 Å². The lowest BCUT2D eigenvalue weighted by atomic mass is 9.95. The van der Waals surface area contributed by atoms with E-state index in [0.29, 0.717) is 0 Å². The van der Waals surface area contributed by atoms with E-state index in [-0.39, 0.29) is 6.04 Å². The molecule has 0 saturated heterocycles. The fraction of sp³-hybridized carbons (Fsp3) is 0.364. The Morgan fingerprint density at radius 2 is 1.85 bits per heavy atom. The Kier molecular flexibility index (Phi) is 3.91. The maximum Gasteiger partial charge on any atom is 0.104 e. The first kappa shape index (κ1) is 16.2. The molecule has 5 rings (SSSR count). The highest BCUT2D eigenvalue weighted by Gasteiger charge is 2.28. The summed E-state index contributed by atoms with van der Waals surface area (Å²) in [5, 5.41) is 5.30. The molecule has 134 valence electrons. The topological polar surface area (TPSA) is 20.2 Å². The summed E-state index contributed by atoms with van der Waals surface area (Å²) in [4.78, 5) is 3.77. The molecule has 1 aliphatic heterocycles. The molecule has 2 aromatic heterocycles. The number of nitrogens with one attached hydrogen (secondary N) is 1. The lowest BCUT2D eigenvalue weighted by molar-refractivity contribution is 0.595. The number of hydrogen-bond donors (Lipinski definition) is 1. The van der Waals surface area contributed by atoms with Crippen molar-refractivity contribution in [1.82, 2.24) is 9.88 Å². The summed E-state index contributed by atoms with van der Waals surface area (Å²) in [6.07, 6.45) is 7.44. The van der Waals surface area contributed by atoms with Crippen molar-refractivity contribution in [3.63, 3.8) is 0 Å². The van der Waals surface area contributed by atoms with Gasteiger partial charge in [0.05, 0.1) is 6.04 Å². The first-order valence-electron chi connectivity index (χ1n) is 9.54. The minimum Gasteiger partial charge on any atom is -0.378 e. The molecule has 0 fully saturated rings. The lowest BCUT2D eigenvalue weighted by Crippen LogP contribution is -2.22. The largest absolute Gasteiger partial charge is 0.378 e. The van der Waals surface area contributed by atoms with E-state index in [1.54, 1.807) is 10.4 Å². The van der Waals surface area contributed by atoms with Crippen molar-refractivity contribution in [2.75, 3.05) is 19.0 Å². The molecule has 3 nitrogen and oxygen atoms in total. The molecule has 0 bridgehead atoms. The van der Waals surface area contributed by atoms with Crippen LogP contribution in [0.15, 0.2) is 42.6 Å². The quantitative estimate of drug-likeness (QED) is 0.714. The zero-order valence-electron chi connectivity index (χ0n) is 15.5. The minimum atomic E-state index is 0.236. The van der Waals surface area contributed by atoms with Crippen LogP contribution in [0.5, 0.6) is 0 Å². The first-order valence-corrected chi connectivity index (χ1v) is 10.4. The average molecular weight is 364 g/mol. The van der Waals surface area contributed by atoms with Crippen LogP contribution in [0.1, 0.15) is 46.1 Å². The Bertz CT molecular complexity index is 933. The number of thiophene rings is 1. The molecule has 2 aliphatic rings. The number of anilines is 1. The Labute approximate surface area is 159 Å². The van der Waals surface area contributed by atoms with Crippen LogP contribution in [0.25, 0.3) is 5.00 Å². The molecule has 3 heterocycles. The summed E-state index contributed by atoms with van der Waals surface area (Å²) in [7, 11) is 4.18. The Morgan fingerprint density at radius 3 is 2.65 bits per heavy atom. The maximum atomic E-state index is 3.85. The van der Waals surface area contributed by atoms with Crippen molar-refractivity contribution in [3.05, 3.63) is 69.9 Å². The third kappa shape index (κ3) is 2.51. The van der Waals surface area contributed by atoms with Gasteiger partial charge in [0.25, 0.3) is 0 Å². The minimum absolute atomic E-state index is 0.236. The summed E-state index contributed by atoms with van der Waals surface area (Å²) in [6, 6.07) is 13.6. The van der Waals surface area contributed by atoms with Gasteiger partial charge in [0, 0.05) is 48.7 Å². The predicted octanol–water partition coefficient (Wildman–Crippen LogP) is 4.68. The van der Waals surface area contributed by atoms with E-state index in [9.17, 15) is 0 Å². The van der Waals surface area contributed by atoms with Gasteiger partial charge in [0.2, 0.25) is 0 Å². The molecule has 1 N–H and O–H groups in total. The highest BCUT2D eigenvalue weighted by Crippen LogP contribution is 2.40. The molecule has 26 heavy (non-hydrogen) atoms. The van der Waals surface area contributed by atoms with Crippen molar-refractivity contribution >= 4 is 17.0 Å². The number of fused-ring (bicyclic) bond motifs is 5. The maximum absolute atomic E-state index is 3.85. The standard InChI is InChI=1S/C22H25N3S/c1-24(2)16-11-9-15(10-12-16)21-19-7-5-13-25(19)22-18(14-23-21)17-6-3-4-8-20(17)26-22/h5,7,9-13,21,23H,3-4,6,8,14H2,1-2H3/t21-/m1/s1. The molecule has 1 aromatic carbocycles. The fourth-order valence-corrected chi connectivity index (χ4v) is 5.78. The predicted molar refractivity (Wildman–Crippen MR) is 110 cm³/mol. The van der Waals surface area contributed by atoms with Crippen LogP contribution in [0.3, 0.4) is 0 Å². The van der Waals surface area contributed by atoms with E-state index in [1.807, 2.05) is 11.3 Å². The average Bonchev–Trinajstić information content (AvgIpc) is 3.24. The summed E-state index contributed by atoms with van der Waals surface area (Å²) >= 11 is 2.02. The number of aryl methyl sites for hydroxylation is 1. The van der Waals surface area contributed by atoms with E-state index in [0.717, 1.165) is 6.54 Å². The monoisotopic (exact) mass is 363 g/mol. The second-order valence-corrected chi connectivity index (χ2v) is 8.68. The van der Waals surface area contributed by atoms with Gasteiger partial charge in [0.1, 0.15) is 5.00 Å². The van der Waals surface area contributed by atoms with Gasteiger partial charge in [-0.25, -0.2) is 0 Å². The smallest absolute Gasteiger partial charge is 0.104 e. The van der Waals surface area contributed by atoms with Crippen LogP contribution in [-0.2, 0) is 19.4 Å². The SMILES string of the molecule is CN(C)c1ccc([C@H]2NCc3c(sc4c3CCCC4)-n3cccc32)cc1. The van der Waals surface area contributed by atoms with E-state index in [2.05, 4.69) is 71.5 Å². The van der Waals surface area contributed by atoms with Gasteiger partial charge in [0.15, 0.2) is 0 Å². The highest BCUT2D eigenvalue weighted by atomic mass is 32.1. The fourth-order valence-electron chi connectivity index (χ4n) is 4.37. The Morgan fingerprint density at radius 1 is 1.04 bits per heavy atom. The van der Waals surface area contributed by atoms with Gasteiger partial charge < -0.3 is 14.8 Å². The second-order valence-electron chi connectivity index (χ2n) is 7.60. The Hall–Kier alpha value is -2.04. The molecule has 0 amide bonds. The number of benzene rings is 1. The van der Waals surface area contributed by atoms with Crippen LogP contribution >= 0.6 is 11.3 Å². The molecule has 0 unspecified atom stereocenters. The zero-order valence-corrected chi connectivity index (χ0v) is 16.3. The van der Waals surface area contributed by atoms with E-state index < -0.39 is 0 Å². The van der Waals surface area contributed by atoms with Crippen LogP contribution in [0, 0.1) is 0 Å². The molecular weight excluding hydrogens is 338 g/mol. The molecule has 0 saturated carbocycles. The summed E-state index contributed by atoms with van der Waals surface area (Å²) in [5.41, 5.74) is 7.09. The van der Waals surface area contributed by atoms with Crippen LogP contribution in [0.2, 0.25) is 0 Å². The lowest BCUT2D eigenvalue weighted by Gasteiger charge is -2.20. The van der Waals surface area contributed by atoms with Crippen molar-refractivity contribution in [2.24, 2.45) is 0 Å². The number of rotatable bonds is 2. The van der Waals surface area contributed by atoms with Crippen molar-refractivity contribution in [3.8, 4) is 5.00 Å². The molecule has 3 aromatic rings. The molecule has 1 atom stereocenters. The van der Waals surface area contributed by atoms with Crippen molar-refractivity contribution < 1.29 is 0 Å². The van der Waals surface area contributed by atoms with Gasteiger partial charge in [-0.05, 0) is 61.1 Å². The number of hydrogen-bond acceptors (Lipinski definition) is 3. The molecule has 0 spiro atoms. The normalized spacial score (nSPS) is 18.6. The summed E-state index contributed by atoms with van der Waals surface area (Å²) in [6.45, 7) is 0.961. The van der Waals surface area contributed by atoms with Crippen molar-refractivity contribution in [1.29, 1.82) is 0 Å². The first-order chi connectivity index (χ1) is 12.7.